The van der Waals surface area contributed by atoms with Crippen LogP contribution in [0.3, 0.4) is 0 Å². The molecule has 0 spiro atoms. The summed E-state index contributed by atoms with van der Waals surface area (Å²) in [6, 6.07) is 18.2. The van der Waals surface area contributed by atoms with E-state index in [9.17, 15) is 0 Å². The van der Waals surface area contributed by atoms with Gasteiger partial charge < -0.3 is 20.7 Å². The molecule has 0 saturated heterocycles. The first kappa shape index (κ1) is 21.8. The number of ether oxygens (including phenoxy) is 1. The third-order valence-electron chi connectivity index (χ3n) is 5.67. The van der Waals surface area contributed by atoms with E-state index in [4.69, 9.17) is 9.84 Å². The lowest BCUT2D eigenvalue weighted by atomic mass is 10.0. The van der Waals surface area contributed by atoms with Crippen LogP contribution in [0.4, 0.5) is 22.6 Å². The van der Waals surface area contributed by atoms with E-state index in [-0.39, 0.29) is 0 Å². The molecule has 9 nitrogen and oxygen atoms in total. The summed E-state index contributed by atoms with van der Waals surface area (Å²) in [4.78, 5) is 0. The lowest BCUT2D eigenvalue weighted by Crippen LogP contribution is -2.20. The van der Waals surface area contributed by atoms with Gasteiger partial charge in [0, 0.05) is 26.7 Å². The summed E-state index contributed by atoms with van der Waals surface area (Å²) in [5.74, 6) is 2.10. The maximum Gasteiger partial charge on any atom is 0.254 e. The minimum Gasteiger partial charge on any atom is -0.497 e. The van der Waals surface area contributed by atoms with Gasteiger partial charge in [-0.15, -0.1) is 10.2 Å². The Morgan fingerprint density at radius 1 is 0.912 bits per heavy atom. The van der Waals surface area contributed by atoms with Crippen LogP contribution in [-0.2, 0) is 6.54 Å². The van der Waals surface area contributed by atoms with Crippen LogP contribution in [0.25, 0.3) is 5.00 Å². The van der Waals surface area contributed by atoms with Gasteiger partial charge in [0.25, 0.3) is 5.95 Å². The largest absolute Gasteiger partial charge is 0.497 e. The van der Waals surface area contributed by atoms with E-state index >= 15 is 0 Å². The molecule has 0 bridgehead atoms. The predicted octanol–water partition coefficient (Wildman–Crippen LogP) is 4.24. The molecule has 2 aromatic carbocycles. The highest BCUT2D eigenvalue weighted by Gasteiger charge is 2.32. The van der Waals surface area contributed by atoms with Crippen molar-refractivity contribution in [3.05, 3.63) is 71.3 Å². The molecule has 3 heterocycles. The Hall–Kier alpha value is -4.05. The fourth-order valence-electron chi connectivity index (χ4n) is 4.03. The van der Waals surface area contributed by atoms with Crippen molar-refractivity contribution in [2.45, 2.75) is 6.54 Å². The fourth-order valence-corrected chi connectivity index (χ4v) is 5.19. The van der Waals surface area contributed by atoms with Crippen molar-refractivity contribution in [2.75, 3.05) is 49.2 Å². The van der Waals surface area contributed by atoms with E-state index in [1.165, 1.54) is 0 Å². The molecule has 0 unspecified atom stereocenters. The first-order valence-corrected chi connectivity index (χ1v) is 11.7. The summed E-state index contributed by atoms with van der Waals surface area (Å²) >= 11 is 1.63. The molecule has 0 saturated carbocycles. The summed E-state index contributed by atoms with van der Waals surface area (Å²) in [6.07, 6.45) is 0. The van der Waals surface area contributed by atoms with Gasteiger partial charge in [0.05, 0.1) is 24.9 Å². The maximum atomic E-state index is 5.32. The zero-order chi connectivity index (χ0) is 23.7. The minimum atomic E-state index is 0.519. The number of hydrogen-bond donors (Lipinski definition) is 3. The SMILES string of the molecule is CNc1sc2c(c1NC)C(c1ccccc1)=NN(Cc1ccc(OC)cc1)c1nnc(NC)n1-2. The molecule has 1 aliphatic rings. The Morgan fingerprint density at radius 3 is 2.32 bits per heavy atom. The van der Waals surface area contributed by atoms with Crippen molar-refractivity contribution < 1.29 is 4.74 Å². The highest BCUT2D eigenvalue weighted by atomic mass is 32.1. The van der Waals surface area contributed by atoms with E-state index in [0.29, 0.717) is 18.4 Å². The van der Waals surface area contributed by atoms with Crippen LogP contribution >= 0.6 is 11.3 Å². The molecule has 0 amide bonds. The van der Waals surface area contributed by atoms with E-state index in [0.717, 1.165) is 43.8 Å². The second-order valence-electron chi connectivity index (χ2n) is 7.62. The Bertz CT molecular complexity index is 1330. The van der Waals surface area contributed by atoms with Crippen LogP contribution < -0.4 is 25.7 Å². The van der Waals surface area contributed by atoms with Gasteiger partial charge in [-0.3, -0.25) is 0 Å². The van der Waals surface area contributed by atoms with Crippen molar-refractivity contribution in [3.8, 4) is 10.8 Å². The molecule has 10 heteroatoms. The van der Waals surface area contributed by atoms with Gasteiger partial charge in [0.15, 0.2) is 0 Å². The monoisotopic (exact) mass is 474 g/mol. The van der Waals surface area contributed by atoms with Crippen LogP contribution in [0.1, 0.15) is 16.7 Å². The van der Waals surface area contributed by atoms with Crippen LogP contribution in [0.2, 0.25) is 0 Å². The third-order valence-corrected chi connectivity index (χ3v) is 6.86. The normalized spacial score (nSPS) is 12.4. The Balaban J connectivity index is 1.75. The van der Waals surface area contributed by atoms with Gasteiger partial charge in [-0.05, 0) is 17.7 Å². The quantitative estimate of drug-likeness (QED) is 0.369. The van der Waals surface area contributed by atoms with Gasteiger partial charge in [-0.25, -0.2) is 9.58 Å². The van der Waals surface area contributed by atoms with Crippen molar-refractivity contribution in [3.63, 3.8) is 0 Å². The van der Waals surface area contributed by atoms with Crippen molar-refractivity contribution >= 4 is 39.6 Å². The van der Waals surface area contributed by atoms with Crippen LogP contribution in [0.5, 0.6) is 5.75 Å². The standard InChI is InChI=1S/C24H26N8OS/c1-25-20-18-19(16-8-6-5-7-9-16)30-31(14-15-10-12-17(33-4)13-11-15)24-29-28-23(27-3)32(24)22(18)34-21(20)26-2/h5-13,25-26H,14H2,1-4H3,(H,27,28). The Labute approximate surface area is 202 Å². The summed E-state index contributed by atoms with van der Waals surface area (Å²) in [6.45, 7) is 0.519. The minimum absolute atomic E-state index is 0.519. The first-order chi connectivity index (χ1) is 16.7. The smallest absolute Gasteiger partial charge is 0.254 e. The van der Waals surface area contributed by atoms with Crippen LogP contribution in [0, 0.1) is 0 Å². The number of benzene rings is 2. The van der Waals surface area contributed by atoms with Crippen LogP contribution in [0.15, 0.2) is 59.7 Å². The van der Waals surface area contributed by atoms with Gasteiger partial charge in [0.1, 0.15) is 21.5 Å². The summed E-state index contributed by atoms with van der Waals surface area (Å²) in [7, 11) is 7.37. The number of fused-ring (bicyclic) bond motifs is 3. The number of methoxy groups -OCH3 is 1. The molecule has 4 aromatic rings. The number of rotatable bonds is 7. The number of hydrogen-bond acceptors (Lipinski definition) is 9. The molecule has 0 aliphatic carbocycles. The fraction of sp³-hybridized carbons (Fsp3) is 0.208. The number of nitrogens with zero attached hydrogens (tertiary/aromatic N) is 5. The molecule has 3 N–H and O–H groups in total. The molecule has 174 valence electrons. The lowest BCUT2D eigenvalue weighted by molar-refractivity contribution is 0.414. The Morgan fingerprint density at radius 2 is 1.68 bits per heavy atom. The van der Waals surface area contributed by atoms with Crippen molar-refractivity contribution in [1.29, 1.82) is 0 Å². The maximum absolute atomic E-state index is 5.32. The number of hydrazone groups is 1. The van der Waals surface area contributed by atoms with E-state index in [2.05, 4.69) is 38.3 Å². The zero-order valence-electron chi connectivity index (χ0n) is 19.5. The predicted molar refractivity (Wildman–Crippen MR) is 139 cm³/mol. The lowest BCUT2D eigenvalue weighted by Gasteiger charge is -2.18. The molecule has 0 fully saturated rings. The average Bonchev–Trinajstić information content (AvgIpc) is 3.45. The van der Waals surface area contributed by atoms with E-state index < -0.39 is 0 Å². The highest BCUT2D eigenvalue weighted by Crippen LogP contribution is 2.45. The topological polar surface area (TPSA) is 91.6 Å². The second kappa shape index (κ2) is 9.06. The first-order valence-electron chi connectivity index (χ1n) is 10.9. The molecule has 1 aliphatic heterocycles. The van der Waals surface area contributed by atoms with Crippen LogP contribution in [-0.4, -0.2) is 48.7 Å². The number of thiophene rings is 1. The summed E-state index contributed by atoms with van der Waals surface area (Å²) in [5, 5.41) is 27.9. The van der Waals surface area contributed by atoms with E-state index in [1.807, 2.05) is 73.2 Å². The second-order valence-corrected chi connectivity index (χ2v) is 8.61. The van der Waals surface area contributed by atoms with Gasteiger partial charge >= 0.3 is 0 Å². The molecular weight excluding hydrogens is 448 g/mol. The molecule has 34 heavy (non-hydrogen) atoms. The number of anilines is 4. The zero-order valence-corrected chi connectivity index (χ0v) is 20.3. The molecular formula is C24H26N8OS. The van der Waals surface area contributed by atoms with Gasteiger partial charge in [0.2, 0.25) is 5.95 Å². The third kappa shape index (κ3) is 3.61. The van der Waals surface area contributed by atoms with Crippen molar-refractivity contribution in [1.82, 2.24) is 14.8 Å². The molecule has 2 aromatic heterocycles. The summed E-state index contributed by atoms with van der Waals surface area (Å²) < 4.78 is 7.35. The highest BCUT2D eigenvalue weighted by molar-refractivity contribution is 7.19. The number of nitrogens with one attached hydrogen (secondary N) is 3. The summed E-state index contributed by atoms with van der Waals surface area (Å²) in [5.41, 5.74) is 4.94. The van der Waals surface area contributed by atoms with Crippen molar-refractivity contribution in [2.24, 2.45) is 5.10 Å². The molecule has 0 radical (unpaired) electrons. The average molecular weight is 475 g/mol. The van der Waals surface area contributed by atoms with Gasteiger partial charge in [-0.2, -0.15) is 5.10 Å². The van der Waals surface area contributed by atoms with Gasteiger partial charge in [-0.1, -0.05) is 53.8 Å². The molecule has 5 rings (SSSR count). The number of aromatic nitrogens is 3. The molecule has 0 atom stereocenters. The van der Waals surface area contributed by atoms with E-state index in [1.54, 1.807) is 18.4 Å². The Kier molecular flexibility index (Phi) is 5.81.